The Bertz CT molecular complexity index is 299. The molecule has 1 heterocycles. The van der Waals surface area contributed by atoms with Crippen LogP contribution in [0, 0.1) is 6.92 Å². The van der Waals surface area contributed by atoms with Gasteiger partial charge in [0.2, 0.25) is 0 Å². The van der Waals surface area contributed by atoms with E-state index >= 15 is 0 Å². The van der Waals surface area contributed by atoms with E-state index in [4.69, 9.17) is 4.74 Å². The lowest BCUT2D eigenvalue weighted by atomic mass is 10.3. The molecular weight excluding hydrogens is 200 g/mol. The molecule has 0 saturated heterocycles. The lowest BCUT2D eigenvalue weighted by Crippen LogP contribution is -2.25. The molecule has 1 rings (SSSR count). The Morgan fingerprint density at radius 2 is 2.50 bits per heavy atom. The minimum absolute atomic E-state index is 0.106. The number of rotatable bonds is 5. The smallest absolute Gasteiger partial charge is 0.270 e. The van der Waals surface area contributed by atoms with Gasteiger partial charge in [-0.15, -0.1) is 0 Å². The van der Waals surface area contributed by atoms with E-state index < -0.39 is 0 Å². The molecule has 1 aromatic rings. The van der Waals surface area contributed by atoms with Crippen molar-refractivity contribution in [2.45, 2.75) is 13.3 Å². The number of hydrogen-bond donors (Lipinski definition) is 1. The van der Waals surface area contributed by atoms with Crippen molar-refractivity contribution in [1.29, 1.82) is 0 Å². The molecule has 0 aromatic carbocycles. The maximum absolute atomic E-state index is 11.4. The zero-order valence-corrected chi connectivity index (χ0v) is 9.19. The van der Waals surface area contributed by atoms with E-state index in [1.54, 1.807) is 13.2 Å². The molecule has 0 aliphatic rings. The van der Waals surface area contributed by atoms with Gasteiger partial charge in [0.25, 0.3) is 5.91 Å². The van der Waals surface area contributed by atoms with E-state index in [2.05, 4.69) is 9.69 Å². The summed E-state index contributed by atoms with van der Waals surface area (Å²) in [5.74, 6) is -0.106. The highest BCUT2D eigenvalue weighted by Gasteiger charge is 2.07. The molecule has 78 valence electrons. The van der Waals surface area contributed by atoms with Gasteiger partial charge in [-0.3, -0.25) is 4.79 Å². The van der Waals surface area contributed by atoms with Crippen LogP contribution in [0.15, 0.2) is 6.07 Å². The summed E-state index contributed by atoms with van der Waals surface area (Å²) in [7, 11) is 1.64. The van der Waals surface area contributed by atoms with Crippen LogP contribution in [-0.2, 0) is 4.74 Å². The van der Waals surface area contributed by atoms with E-state index in [1.165, 1.54) is 11.5 Å². The van der Waals surface area contributed by atoms with Crippen molar-refractivity contribution < 1.29 is 9.53 Å². The first-order valence-corrected chi connectivity index (χ1v) is 5.22. The van der Waals surface area contributed by atoms with Gasteiger partial charge in [-0.05, 0) is 30.9 Å². The molecule has 0 radical (unpaired) electrons. The first-order valence-electron chi connectivity index (χ1n) is 4.44. The third kappa shape index (κ3) is 3.43. The van der Waals surface area contributed by atoms with Crippen LogP contribution in [0.1, 0.15) is 21.8 Å². The molecule has 0 unspecified atom stereocenters. The summed E-state index contributed by atoms with van der Waals surface area (Å²) in [5.41, 5.74) is 0.505. The molecule has 0 fully saturated rings. The van der Waals surface area contributed by atoms with Crippen LogP contribution in [0.25, 0.3) is 0 Å². The molecule has 14 heavy (non-hydrogen) atoms. The van der Waals surface area contributed by atoms with Gasteiger partial charge in [0.15, 0.2) is 0 Å². The molecule has 0 spiro atoms. The highest BCUT2D eigenvalue weighted by molar-refractivity contribution is 7.05. The monoisotopic (exact) mass is 214 g/mol. The maximum Gasteiger partial charge on any atom is 0.270 e. The number of nitrogens with zero attached hydrogens (tertiary/aromatic N) is 1. The molecule has 0 atom stereocenters. The average Bonchev–Trinajstić information content (AvgIpc) is 2.59. The molecule has 1 amide bonds. The summed E-state index contributed by atoms with van der Waals surface area (Å²) in [4.78, 5) is 12.5. The van der Waals surface area contributed by atoms with Gasteiger partial charge in [-0.25, -0.2) is 0 Å². The Morgan fingerprint density at radius 1 is 1.71 bits per heavy atom. The van der Waals surface area contributed by atoms with Gasteiger partial charge < -0.3 is 10.1 Å². The standard InChI is InChI=1S/C9H14N2O2S/c1-7-6-8(11-14-7)9(12)10-4-3-5-13-2/h6H,3-5H2,1-2H3,(H,10,12). The Labute approximate surface area is 87.4 Å². The van der Waals surface area contributed by atoms with Gasteiger partial charge >= 0.3 is 0 Å². The van der Waals surface area contributed by atoms with Crippen LogP contribution in [0.4, 0.5) is 0 Å². The fraction of sp³-hybridized carbons (Fsp3) is 0.556. The zero-order valence-electron chi connectivity index (χ0n) is 8.37. The largest absolute Gasteiger partial charge is 0.385 e. The number of carbonyl (C=O) groups excluding carboxylic acids is 1. The minimum atomic E-state index is -0.106. The van der Waals surface area contributed by atoms with Crippen molar-refractivity contribution in [3.05, 3.63) is 16.6 Å². The minimum Gasteiger partial charge on any atom is -0.385 e. The summed E-state index contributed by atoms with van der Waals surface area (Å²) in [6.07, 6.45) is 0.825. The quantitative estimate of drug-likeness (QED) is 0.750. The Morgan fingerprint density at radius 3 is 3.07 bits per heavy atom. The second-order valence-electron chi connectivity index (χ2n) is 2.93. The van der Waals surface area contributed by atoms with Crippen LogP contribution in [0.2, 0.25) is 0 Å². The van der Waals surface area contributed by atoms with E-state index in [9.17, 15) is 4.79 Å². The van der Waals surface area contributed by atoms with Crippen LogP contribution in [-0.4, -0.2) is 30.5 Å². The highest BCUT2D eigenvalue weighted by Crippen LogP contribution is 2.07. The summed E-state index contributed by atoms with van der Waals surface area (Å²) >= 11 is 1.34. The van der Waals surface area contributed by atoms with Crippen molar-refractivity contribution in [3.63, 3.8) is 0 Å². The van der Waals surface area contributed by atoms with Gasteiger partial charge in [-0.2, -0.15) is 4.37 Å². The number of ether oxygens (including phenoxy) is 1. The van der Waals surface area contributed by atoms with Crippen molar-refractivity contribution in [2.75, 3.05) is 20.3 Å². The Hall–Kier alpha value is -0.940. The van der Waals surface area contributed by atoms with Gasteiger partial charge in [0, 0.05) is 25.1 Å². The SMILES string of the molecule is COCCCNC(=O)c1cc(C)sn1. The molecule has 1 aromatic heterocycles. The molecule has 5 heteroatoms. The zero-order chi connectivity index (χ0) is 10.4. The first-order chi connectivity index (χ1) is 6.74. The fourth-order valence-corrected chi connectivity index (χ4v) is 1.52. The number of aryl methyl sites for hydroxylation is 1. The maximum atomic E-state index is 11.4. The average molecular weight is 214 g/mol. The molecule has 0 aliphatic carbocycles. The third-order valence-corrected chi connectivity index (χ3v) is 2.37. The van der Waals surface area contributed by atoms with Crippen LogP contribution < -0.4 is 5.32 Å². The lowest BCUT2D eigenvalue weighted by molar-refractivity contribution is 0.0944. The van der Waals surface area contributed by atoms with E-state index in [0.717, 1.165) is 11.3 Å². The number of amides is 1. The van der Waals surface area contributed by atoms with E-state index in [0.29, 0.717) is 18.8 Å². The Kier molecular flexibility index (Phi) is 4.55. The molecule has 1 N–H and O–H groups in total. The predicted octanol–water partition coefficient (Wildman–Crippen LogP) is 1.22. The van der Waals surface area contributed by atoms with Gasteiger partial charge in [0.05, 0.1) is 0 Å². The second-order valence-corrected chi connectivity index (χ2v) is 3.93. The normalized spacial score (nSPS) is 10.1. The number of nitrogens with one attached hydrogen (secondary N) is 1. The van der Waals surface area contributed by atoms with Crippen molar-refractivity contribution >= 4 is 17.4 Å². The number of methoxy groups -OCH3 is 1. The summed E-state index contributed by atoms with van der Waals surface area (Å²) < 4.78 is 8.88. The van der Waals surface area contributed by atoms with Crippen molar-refractivity contribution in [2.24, 2.45) is 0 Å². The van der Waals surface area contributed by atoms with Crippen LogP contribution >= 0.6 is 11.5 Å². The van der Waals surface area contributed by atoms with Crippen LogP contribution in [0.3, 0.4) is 0 Å². The van der Waals surface area contributed by atoms with Crippen molar-refractivity contribution in [1.82, 2.24) is 9.69 Å². The third-order valence-electron chi connectivity index (χ3n) is 1.67. The predicted molar refractivity (Wildman–Crippen MR) is 55.7 cm³/mol. The molecule has 4 nitrogen and oxygen atoms in total. The summed E-state index contributed by atoms with van der Waals surface area (Å²) in [6.45, 7) is 3.22. The van der Waals surface area contributed by atoms with Gasteiger partial charge in [-0.1, -0.05) is 0 Å². The number of hydrogen-bond acceptors (Lipinski definition) is 4. The summed E-state index contributed by atoms with van der Waals surface area (Å²) in [6, 6.07) is 1.79. The fourth-order valence-electron chi connectivity index (χ4n) is 0.982. The first kappa shape index (κ1) is 11.1. The van der Waals surface area contributed by atoms with Crippen molar-refractivity contribution in [3.8, 4) is 0 Å². The Balaban J connectivity index is 2.29. The topological polar surface area (TPSA) is 51.2 Å². The number of carbonyl (C=O) groups is 1. The number of aromatic nitrogens is 1. The van der Waals surface area contributed by atoms with Crippen LogP contribution in [0.5, 0.6) is 0 Å². The lowest BCUT2D eigenvalue weighted by Gasteiger charge is -2.01. The molecular formula is C9H14N2O2S. The molecule has 0 bridgehead atoms. The molecule has 0 aliphatic heterocycles. The van der Waals surface area contributed by atoms with Gasteiger partial charge in [0.1, 0.15) is 5.69 Å². The van der Waals surface area contributed by atoms with E-state index in [1.807, 2.05) is 6.92 Å². The highest BCUT2D eigenvalue weighted by atomic mass is 32.1. The van der Waals surface area contributed by atoms with E-state index in [-0.39, 0.29) is 5.91 Å². The summed E-state index contributed by atoms with van der Waals surface area (Å²) in [5, 5.41) is 2.77. The second kappa shape index (κ2) is 5.72. The molecule has 0 saturated carbocycles.